The molecule has 0 aromatic heterocycles. The molecule has 0 spiro atoms. The average molecular weight is 382 g/mol. The summed E-state index contributed by atoms with van der Waals surface area (Å²) in [5.41, 5.74) is 7.58. The molecule has 4 N–H and O–H groups in total. The Bertz CT molecular complexity index is 599. The predicted octanol–water partition coefficient (Wildman–Crippen LogP) is 2.51. The van der Waals surface area contributed by atoms with Gasteiger partial charge in [-0.3, -0.25) is 4.79 Å². The van der Waals surface area contributed by atoms with Gasteiger partial charge in [0.2, 0.25) is 5.91 Å². The van der Waals surface area contributed by atoms with E-state index in [1.807, 2.05) is 24.3 Å². The minimum atomic E-state index is -0.629. The van der Waals surface area contributed by atoms with Crippen LogP contribution in [-0.2, 0) is 11.2 Å². The number of halogens is 1. The normalized spacial score (nSPS) is 11.9. The molecule has 0 heterocycles. The van der Waals surface area contributed by atoms with Gasteiger partial charge >= 0.3 is 0 Å². The third kappa shape index (κ3) is 3.94. The van der Waals surface area contributed by atoms with Gasteiger partial charge in [0.15, 0.2) is 0 Å². The van der Waals surface area contributed by atoms with E-state index in [0.717, 1.165) is 14.8 Å². The number of carbonyl (C=O) groups excluding carboxylic acids is 1. The lowest BCUT2D eigenvalue weighted by Gasteiger charge is -2.13. The number of hydrogen-bond donors (Lipinski definition) is 3. The minimum Gasteiger partial charge on any atom is -0.508 e. The van der Waals surface area contributed by atoms with Crippen LogP contribution in [0.2, 0.25) is 0 Å². The van der Waals surface area contributed by atoms with E-state index in [-0.39, 0.29) is 11.7 Å². The second-order valence-electron chi connectivity index (χ2n) is 4.45. The van der Waals surface area contributed by atoms with Crippen LogP contribution < -0.4 is 11.1 Å². The fourth-order valence-corrected chi connectivity index (χ4v) is 2.29. The number of hydrogen-bond acceptors (Lipinski definition) is 3. The van der Waals surface area contributed by atoms with Crippen molar-refractivity contribution in [1.82, 2.24) is 0 Å². The van der Waals surface area contributed by atoms with Crippen LogP contribution in [-0.4, -0.2) is 17.1 Å². The first kappa shape index (κ1) is 14.8. The van der Waals surface area contributed by atoms with Crippen LogP contribution >= 0.6 is 22.6 Å². The third-order valence-electron chi connectivity index (χ3n) is 2.86. The highest BCUT2D eigenvalue weighted by Gasteiger charge is 2.15. The Morgan fingerprint density at radius 1 is 1.20 bits per heavy atom. The Morgan fingerprint density at radius 3 is 2.50 bits per heavy atom. The molecule has 4 nitrogen and oxygen atoms in total. The van der Waals surface area contributed by atoms with Gasteiger partial charge in [0.25, 0.3) is 0 Å². The van der Waals surface area contributed by atoms with Crippen LogP contribution in [0.4, 0.5) is 5.69 Å². The van der Waals surface area contributed by atoms with Crippen molar-refractivity contribution < 1.29 is 9.90 Å². The molecule has 0 saturated heterocycles. The van der Waals surface area contributed by atoms with E-state index in [2.05, 4.69) is 27.9 Å². The van der Waals surface area contributed by atoms with Crippen LogP contribution in [0.25, 0.3) is 0 Å². The Balaban J connectivity index is 1.99. The molecule has 0 bridgehead atoms. The minimum absolute atomic E-state index is 0.200. The van der Waals surface area contributed by atoms with E-state index >= 15 is 0 Å². The zero-order valence-corrected chi connectivity index (χ0v) is 12.9. The summed E-state index contributed by atoms with van der Waals surface area (Å²) < 4.78 is 0.968. The van der Waals surface area contributed by atoms with E-state index in [1.54, 1.807) is 24.3 Å². The molecule has 2 rings (SSSR count). The number of nitrogens with one attached hydrogen (secondary N) is 1. The molecular formula is C15H15IN2O2. The van der Waals surface area contributed by atoms with Gasteiger partial charge in [-0.25, -0.2) is 0 Å². The molecule has 0 aliphatic rings. The van der Waals surface area contributed by atoms with Gasteiger partial charge in [-0.05, 0) is 58.8 Å². The summed E-state index contributed by atoms with van der Waals surface area (Å²) in [6.07, 6.45) is 0.426. The summed E-state index contributed by atoms with van der Waals surface area (Å²) in [7, 11) is 0. The summed E-state index contributed by atoms with van der Waals surface area (Å²) in [6, 6.07) is 13.6. The summed E-state index contributed by atoms with van der Waals surface area (Å²) >= 11 is 2.16. The summed E-state index contributed by atoms with van der Waals surface area (Å²) in [4.78, 5) is 12.0. The van der Waals surface area contributed by atoms with E-state index in [9.17, 15) is 9.90 Å². The van der Waals surface area contributed by atoms with Crippen molar-refractivity contribution in [2.45, 2.75) is 12.5 Å². The van der Waals surface area contributed by atoms with Crippen LogP contribution in [0.5, 0.6) is 5.75 Å². The molecule has 0 fully saturated rings. The van der Waals surface area contributed by atoms with E-state index in [0.29, 0.717) is 6.42 Å². The van der Waals surface area contributed by atoms with Gasteiger partial charge in [-0.2, -0.15) is 0 Å². The monoisotopic (exact) mass is 382 g/mol. The van der Waals surface area contributed by atoms with Gasteiger partial charge in [-0.15, -0.1) is 0 Å². The maximum absolute atomic E-state index is 12.0. The van der Waals surface area contributed by atoms with E-state index < -0.39 is 6.04 Å². The maximum atomic E-state index is 12.0. The second-order valence-corrected chi connectivity index (χ2v) is 5.61. The molecule has 0 radical (unpaired) electrons. The van der Waals surface area contributed by atoms with E-state index in [4.69, 9.17) is 5.73 Å². The number of phenols is 1. The quantitative estimate of drug-likeness (QED) is 0.712. The topological polar surface area (TPSA) is 75.3 Å². The van der Waals surface area contributed by atoms with Crippen molar-refractivity contribution in [2.24, 2.45) is 5.73 Å². The highest BCUT2D eigenvalue weighted by Crippen LogP contribution is 2.17. The van der Waals surface area contributed by atoms with Crippen molar-refractivity contribution >= 4 is 34.2 Å². The first-order valence-electron chi connectivity index (χ1n) is 6.15. The SMILES string of the molecule is NC(Cc1ccc(O)cc1)C(=O)Nc1ccccc1I. The number of rotatable bonds is 4. The van der Waals surface area contributed by atoms with E-state index in [1.165, 1.54) is 0 Å². The summed E-state index contributed by atoms with van der Waals surface area (Å²) in [5, 5.41) is 12.0. The first-order valence-corrected chi connectivity index (χ1v) is 7.23. The van der Waals surface area contributed by atoms with Crippen molar-refractivity contribution in [3.63, 3.8) is 0 Å². The molecule has 1 unspecified atom stereocenters. The molecule has 0 aliphatic heterocycles. The Kier molecular flexibility index (Phi) is 4.97. The standard InChI is InChI=1S/C15H15IN2O2/c16-12-3-1-2-4-14(12)18-15(20)13(17)9-10-5-7-11(19)8-6-10/h1-8,13,19H,9,17H2,(H,18,20). The van der Waals surface area contributed by atoms with Crippen molar-refractivity contribution in [1.29, 1.82) is 0 Å². The van der Waals surface area contributed by atoms with Crippen molar-refractivity contribution in [3.05, 3.63) is 57.7 Å². The highest BCUT2D eigenvalue weighted by molar-refractivity contribution is 14.1. The average Bonchev–Trinajstić information content (AvgIpc) is 2.44. The number of phenolic OH excluding ortho intramolecular Hbond substituents is 1. The third-order valence-corrected chi connectivity index (χ3v) is 3.80. The number of para-hydroxylation sites is 1. The van der Waals surface area contributed by atoms with Gasteiger partial charge in [0.1, 0.15) is 5.75 Å². The molecule has 2 aromatic carbocycles. The molecule has 20 heavy (non-hydrogen) atoms. The van der Waals surface area contributed by atoms with Crippen LogP contribution in [0.3, 0.4) is 0 Å². The smallest absolute Gasteiger partial charge is 0.241 e. The number of anilines is 1. The largest absolute Gasteiger partial charge is 0.508 e. The molecule has 1 atom stereocenters. The molecule has 104 valence electrons. The fraction of sp³-hybridized carbons (Fsp3) is 0.133. The number of nitrogens with two attached hydrogens (primary N) is 1. The number of aromatic hydroxyl groups is 1. The van der Waals surface area contributed by atoms with Gasteiger partial charge < -0.3 is 16.2 Å². The fourth-order valence-electron chi connectivity index (χ4n) is 1.77. The highest BCUT2D eigenvalue weighted by atomic mass is 127. The lowest BCUT2D eigenvalue weighted by molar-refractivity contribution is -0.117. The first-order chi connectivity index (χ1) is 9.56. The van der Waals surface area contributed by atoms with Gasteiger partial charge in [-0.1, -0.05) is 24.3 Å². The van der Waals surface area contributed by atoms with Crippen LogP contribution in [0.1, 0.15) is 5.56 Å². The van der Waals surface area contributed by atoms with Gasteiger partial charge in [0.05, 0.1) is 11.7 Å². The number of amides is 1. The maximum Gasteiger partial charge on any atom is 0.241 e. The summed E-state index contributed by atoms with van der Waals surface area (Å²) in [6.45, 7) is 0. The van der Waals surface area contributed by atoms with Crippen LogP contribution in [0, 0.1) is 3.57 Å². The van der Waals surface area contributed by atoms with Crippen molar-refractivity contribution in [3.8, 4) is 5.75 Å². The molecule has 5 heteroatoms. The lowest BCUT2D eigenvalue weighted by atomic mass is 10.1. The Hall–Kier alpha value is -1.60. The molecular weight excluding hydrogens is 367 g/mol. The zero-order chi connectivity index (χ0) is 14.5. The molecule has 1 amide bonds. The lowest BCUT2D eigenvalue weighted by Crippen LogP contribution is -2.37. The zero-order valence-electron chi connectivity index (χ0n) is 10.7. The Labute approximate surface area is 131 Å². The van der Waals surface area contributed by atoms with Crippen LogP contribution in [0.15, 0.2) is 48.5 Å². The summed E-state index contributed by atoms with van der Waals surface area (Å²) in [5.74, 6) is -0.0206. The number of carbonyl (C=O) groups is 1. The van der Waals surface area contributed by atoms with Gasteiger partial charge in [0, 0.05) is 3.57 Å². The number of benzene rings is 2. The molecule has 2 aromatic rings. The second kappa shape index (κ2) is 6.71. The van der Waals surface area contributed by atoms with Crippen molar-refractivity contribution in [2.75, 3.05) is 5.32 Å². The molecule has 0 aliphatic carbocycles. The predicted molar refractivity (Wildman–Crippen MR) is 87.6 cm³/mol. The molecule has 0 saturated carbocycles. The Morgan fingerprint density at radius 2 is 1.85 bits per heavy atom.